The fourth-order valence-corrected chi connectivity index (χ4v) is 4.04. The van der Waals surface area contributed by atoms with E-state index in [1.54, 1.807) is 24.7 Å². The normalized spacial score (nSPS) is 22.4. The molecule has 1 aromatic rings. The number of amides is 1. The van der Waals surface area contributed by atoms with Crippen LogP contribution >= 0.6 is 0 Å². The minimum Gasteiger partial charge on any atom is -0.366 e. The zero-order valence-electron chi connectivity index (χ0n) is 15.6. The van der Waals surface area contributed by atoms with Gasteiger partial charge in [-0.25, -0.2) is 10.5 Å². The maximum atomic E-state index is 11.3. The summed E-state index contributed by atoms with van der Waals surface area (Å²) in [6, 6.07) is 4.33. The lowest BCUT2D eigenvalue weighted by Gasteiger charge is -2.26. The molecule has 2 fully saturated rings. The van der Waals surface area contributed by atoms with E-state index < -0.39 is 5.91 Å². The molecule has 0 aromatic carbocycles. The Labute approximate surface area is 155 Å². The van der Waals surface area contributed by atoms with Gasteiger partial charge in [-0.05, 0) is 55.9 Å². The highest BCUT2D eigenvalue weighted by atomic mass is 16.5. The summed E-state index contributed by atoms with van der Waals surface area (Å²) in [5.41, 5.74) is 2.90. The van der Waals surface area contributed by atoms with Crippen LogP contribution in [-0.2, 0) is 4.79 Å². The summed E-state index contributed by atoms with van der Waals surface area (Å²) in [4.78, 5) is 18.4. The molecule has 3 N–H and O–H groups in total. The highest BCUT2D eigenvalue weighted by molar-refractivity contribution is 5.96. The number of likely N-dealkylation sites (tertiary alicyclic amines) is 1. The Hall–Kier alpha value is -1.92. The van der Waals surface area contributed by atoms with E-state index in [0.717, 1.165) is 30.3 Å². The first kappa shape index (κ1) is 18.9. The molecule has 1 atom stereocenters. The first-order valence-electron chi connectivity index (χ1n) is 9.71. The molecule has 0 unspecified atom stereocenters. The Morgan fingerprint density at radius 1 is 1.31 bits per heavy atom. The summed E-state index contributed by atoms with van der Waals surface area (Å²) in [6.07, 6.45) is 11.6. The Bertz CT molecular complexity index is 623. The number of hydrogen-bond acceptors (Lipinski definition) is 5. The van der Waals surface area contributed by atoms with Crippen molar-refractivity contribution >= 4 is 17.8 Å². The van der Waals surface area contributed by atoms with Gasteiger partial charge in [-0.15, -0.1) is 0 Å². The van der Waals surface area contributed by atoms with Gasteiger partial charge in [0, 0.05) is 37.4 Å². The molecule has 1 saturated heterocycles. The molecular weight excluding hydrogens is 328 g/mol. The summed E-state index contributed by atoms with van der Waals surface area (Å²) in [6.45, 7) is 5.17. The molecular formula is C20H30N4O2. The zero-order valence-corrected chi connectivity index (χ0v) is 15.6. The Balaban J connectivity index is 1.48. The van der Waals surface area contributed by atoms with Crippen LogP contribution in [0.3, 0.4) is 0 Å². The van der Waals surface area contributed by atoms with Gasteiger partial charge >= 0.3 is 0 Å². The first-order valence-corrected chi connectivity index (χ1v) is 9.71. The van der Waals surface area contributed by atoms with Crippen molar-refractivity contribution in [3.05, 3.63) is 29.5 Å². The number of carbonyl (C=O) groups is 1. The maximum Gasteiger partial charge on any atom is 0.270 e. The molecule has 1 aromatic heterocycles. The van der Waals surface area contributed by atoms with Crippen LogP contribution in [0.1, 0.15) is 51.0 Å². The third-order valence-electron chi connectivity index (χ3n) is 5.49. The standard InChI is InChI=1S/C20H30N4O2/c1-15(20(25)23-26)11-17-7-8-19(21-12-17)22-18-9-10-24(14-18)13-16-5-3-2-4-6-16/h7-8,11-12,16,18,26H,2-6,9-10,13-14H2,1H3,(H,21,22)(H,23,25)/b15-11+/t18-/m1/s1. The van der Waals surface area contributed by atoms with Crippen LogP contribution in [0, 0.1) is 5.92 Å². The number of aromatic nitrogens is 1. The molecule has 1 aliphatic carbocycles. The Kier molecular flexibility index (Phi) is 6.63. The number of nitrogens with zero attached hydrogens (tertiary/aromatic N) is 2. The summed E-state index contributed by atoms with van der Waals surface area (Å²) in [5, 5.41) is 12.2. The van der Waals surface area contributed by atoms with E-state index in [9.17, 15) is 4.79 Å². The quantitative estimate of drug-likeness (QED) is 0.414. The van der Waals surface area contributed by atoms with E-state index in [2.05, 4.69) is 15.2 Å². The van der Waals surface area contributed by atoms with Crippen LogP contribution in [-0.4, -0.2) is 46.7 Å². The van der Waals surface area contributed by atoms with Crippen molar-refractivity contribution in [1.29, 1.82) is 0 Å². The topological polar surface area (TPSA) is 77.5 Å². The van der Waals surface area contributed by atoms with Crippen molar-refractivity contribution in [2.75, 3.05) is 25.0 Å². The van der Waals surface area contributed by atoms with Gasteiger partial charge in [0.05, 0.1) is 0 Å². The van der Waals surface area contributed by atoms with E-state index in [1.807, 2.05) is 12.1 Å². The van der Waals surface area contributed by atoms with Gasteiger partial charge in [0.1, 0.15) is 5.82 Å². The fourth-order valence-electron chi connectivity index (χ4n) is 4.04. The van der Waals surface area contributed by atoms with Gasteiger partial charge in [0.25, 0.3) is 5.91 Å². The number of hydroxylamine groups is 1. The summed E-state index contributed by atoms with van der Waals surface area (Å²) >= 11 is 0. The summed E-state index contributed by atoms with van der Waals surface area (Å²) in [7, 11) is 0. The average Bonchev–Trinajstić information content (AvgIpc) is 3.10. The Morgan fingerprint density at radius 3 is 2.81 bits per heavy atom. The monoisotopic (exact) mass is 358 g/mol. The van der Waals surface area contributed by atoms with Crippen molar-refractivity contribution < 1.29 is 10.0 Å². The van der Waals surface area contributed by atoms with Crippen LogP contribution in [0.4, 0.5) is 5.82 Å². The molecule has 2 heterocycles. The van der Waals surface area contributed by atoms with Crippen LogP contribution < -0.4 is 10.8 Å². The smallest absolute Gasteiger partial charge is 0.270 e. The molecule has 1 saturated carbocycles. The van der Waals surface area contributed by atoms with Gasteiger partial charge in [0.15, 0.2) is 0 Å². The van der Waals surface area contributed by atoms with Crippen molar-refractivity contribution in [2.45, 2.75) is 51.5 Å². The fraction of sp³-hybridized carbons (Fsp3) is 0.600. The molecule has 1 amide bonds. The lowest BCUT2D eigenvalue weighted by atomic mass is 9.89. The minimum atomic E-state index is -0.504. The lowest BCUT2D eigenvalue weighted by Crippen LogP contribution is -2.31. The first-order chi connectivity index (χ1) is 12.6. The van der Waals surface area contributed by atoms with Gasteiger partial charge in [-0.3, -0.25) is 10.0 Å². The predicted molar refractivity (Wildman–Crippen MR) is 103 cm³/mol. The highest BCUT2D eigenvalue weighted by Crippen LogP contribution is 2.26. The molecule has 1 aliphatic heterocycles. The van der Waals surface area contributed by atoms with Crippen molar-refractivity contribution in [3.63, 3.8) is 0 Å². The third kappa shape index (κ3) is 5.29. The van der Waals surface area contributed by atoms with E-state index in [-0.39, 0.29) is 0 Å². The molecule has 26 heavy (non-hydrogen) atoms. The van der Waals surface area contributed by atoms with E-state index in [0.29, 0.717) is 11.6 Å². The van der Waals surface area contributed by atoms with E-state index in [4.69, 9.17) is 5.21 Å². The number of pyridine rings is 1. The number of carbonyl (C=O) groups excluding carboxylic acids is 1. The van der Waals surface area contributed by atoms with Gasteiger partial charge in [0.2, 0.25) is 0 Å². The largest absolute Gasteiger partial charge is 0.366 e. The highest BCUT2D eigenvalue weighted by Gasteiger charge is 2.25. The van der Waals surface area contributed by atoms with Crippen LogP contribution in [0.5, 0.6) is 0 Å². The second-order valence-corrected chi connectivity index (χ2v) is 7.64. The number of nitrogens with one attached hydrogen (secondary N) is 2. The number of anilines is 1. The number of hydrogen-bond donors (Lipinski definition) is 3. The van der Waals surface area contributed by atoms with Crippen molar-refractivity contribution in [3.8, 4) is 0 Å². The molecule has 0 radical (unpaired) electrons. The second kappa shape index (κ2) is 9.14. The van der Waals surface area contributed by atoms with Crippen LogP contribution in [0.2, 0.25) is 0 Å². The zero-order chi connectivity index (χ0) is 18.4. The van der Waals surface area contributed by atoms with Crippen molar-refractivity contribution in [1.82, 2.24) is 15.4 Å². The molecule has 3 rings (SSSR count). The summed E-state index contributed by atoms with van der Waals surface area (Å²) in [5.74, 6) is 1.26. The number of rotatable bonds is 6. The van der Waals surface area contributed by atoms with E-state index >= 15 is 0 Å². The third-order valence-corrected chi connectivity index (χ3v) is 5.49. The average molecular weight is 358 g/mol. The van der Waals surface area contributed by atoms with Crippen molar-refractivity contribution in [2.24, 2.45) is 5.92 Å². The summed E-state index contributed by atoms with van der Waals surface area (Å²) < 4.78 is 0. The molecule has 0 spiro atoms. The van der Waals surface area contributed by atoms with Gasteiger partial charge in [-0.2, -0.15) is 0 Å². The van der Waals surface area contributed by atoms with Crippen LogP contribution in [0.15, 0.2) is 23.9 Å². The van der Waals surface area contributed by atoms with Crippen LogP contribution in [0.25, 0.3) is 6.08 Å². The lowest BCUT2D eigenvalue weighted by molar-refractivity contribution is -0.125. The molecule has 142 valence electrons. The predicted octanol–water partition coefficient (Wildman–Crippen LogP) is 3.06. The second-order valence-electron chi connectivity index (χ2n) is 7.64. The molecule has 0 bridgehead atoms. The molecule has 2 aliphatic rings. The molecule has 6 heteroatoms. The Morgan fingerprint density at radius 2 is 2.12 bits per heavy atom. The van der Waals surface area contributed by atoms with Gasteiger partial charge < -0.3 is 10.2 Å². The van der Waals surface area contributed by atoms with E-state index in [1.165, 1.54) is 45.2 Å². The SMILES string of the molecule is C/C(=C\c1ccc(N[C@@H]2CCN(CC3CCCCC3)C2)nc1)C(=O)NO. The van der Waals surface area contributed by atoms with Gasteiger partial charge in [-0.1, -0.05) is 19.3 Å². The maximum absolute atomic E-state index is 11.3. The molecule has 6 nitrogen and oxygen atoms in total. The minimum absolute atomic E-state index is 0.434.